The highest BCUT2D eigenvalue weighted by Crippen LogP contribution is 2.37. The van der Waals surface area contributed by atoms with Crippen LogP contribution in [0.5, 0.6) is 11.5 Å². The summed E-state index contributed by atoms with van der Waals surface area (Å²) in [4.78, 5) is 24.3. The van der Waals surface area contributed by atoms with Gasteiger partial charge in [-0.2, -0.15) is 0 Å². The van der Waals surface area contributed by atoms with Crippen molar-refractivity contribution in [3.63, 3.8) is 0 Å². The molecule has 5 atom stereocenters. The molecule has 0 aromatic heterocycles. The minimum atomic E-state index is -0.564. The van der Waals surface area contributed by atoms with Crippen molar-refractivity contribution >= 4 is 17.5 Å². The van der Waals surface area contributed by atoms with Crippen LogP contribution in [0.4, 0.5) is 0 Å². The van der Waals surface area contributed by atoms with E-state index in [1.165, 1.54) is 21.0 Å². The number of dihydropyridines is 1. The highest BCUT2D eigenvalue weighted by Gasteiger charge is 2.33. The zero-order valence-electron chi connectivity index (χ0n) is 24.4. The Balaban J connectivity index is 1.87. The summed E-state index contributed by atoms with van der Waals surface area (Å²) in [5.41, 5.74) is 8.53. The highest BCUT2D eigenvalue weighted by molar-refractivity contribution is 5.79. The van der Waals surface area contributed by atoms with E-state index >= 15 is 0 Å². The molecular weight excluding hydrogens is 528 g/mol. The Morgan fingerprint density at radius 2 is 1.90 bits per heavy atom. The van der Waals surface area contributed by atoms with Gasteiger partial charge in [-0.25, -0.2) is 0 Å². The van der Waals surface area contributed by atoms with Crippen LogP contribution in [0.15, 0.2) is 30.1 Å². The van der Waals surface area contributed by atoms with Gasteiger partial charge < -0.3 is 40.6 Å². The summed E-state index contributed by atoms with van der Waals surface area (Å²) in [6.07, 6.45) is 7.62. The monoisotopic (exact) mass is 574 g/mol. The molecule has 0 spiro atoms. The summed E-state index contributed by atoms with van der Waals surface area (Å²) in [6.45, 7) is 3.35. The number of allylic oxidation sites excluding steroid dienone is 2. The lowest BCUT2D eigenvalue weighted by Crippen LogP contribution is -2.36. The fraction of sp³-hybridized carbons (Fsp3) is 0.613. The van der Waals surface area contributed by atoms with Crippen molar-refractivity contribution < 1.29 is 39.1 Å². The molecule has 0 saturated heterocycles. The maximum atomic E-state index is 12.2. The van der Waals surface area contributed by atoms with Crippen LogP contribution in [0.1, 0.15) is 76.3 Å². The van der Waals surface area contributed by atoms with Crippen LogP contribution in [-0.4, -0.2) is 65.8 Å². The fourth-order valence-corrected chi connectivity index (χ4v) is 6.08. The van der Waals surface area contributed by atoms with Gasteiger partial charge in [0.15, 0.2) is 11.5 Å². The molecule has 0 radical (unpaired) electrons. The number of benzene rings is 1. The number of aliphatic hydroxyl groups excluding tert-OH is 2. The van der Waals surface area contributed by atoms with E-state index in [4.69, 9.17) is 19.9 Å². The average Bonchev–Trinajstić information content (AvgIpc) is 2.89. The van der Waals surface area contributed by atoms with Crippen LogP contribution in [0.2, 0.25) is 0 Å². The molecule has 3 rings (SSSR count). The number of aliphatic hydroxyl groups is 2. The van der Waals surface area contributed by atoms with Crippen LogP contribution in [-0.2, 0) is 25.5 Å². The number of aromatic hydroxyl groups is 1. The quantitative estimate of drug-likeness (QED) is 0.234. The third-order valence-corrected chi connectivity index (χ3v) is 7.96. The molecule has 1 aliphatic carbocycles. The number of carbonyl (C=O) groups excluding carboxylic acids is 2. The molecule has 1 heterocycles. The summed E-state index contributed by atoms with van der Waals surface area (Å²) in [5.74, 6) is 0.105. The van der Waals surface area contributed by atoms with Crippen molar-refractivity contribution in [1.82, 2.24) is 5.32 Å². The lowest BCUT2D eigenvalue weighted by molar-refractivity contribution is -0.157. The number of methoxy groups -OCH3 is 1. The zero-order chi connectivity index (χ0) is 29.9. The number of nitrogens with two attached hydrogens (primary N) is 1. The van der Waals surface area contributed by atoms with Gasteiger partial charge in [0.2, 0.25) is 0 Å². The average molecular weight is 575 g/mol. The fourth-order valence-electron chi connectivity index (χ4n) is 6.08. The van der Waals surface area contributed by atoms with E-state index in [9.17, 15) is 24.9 Å². The van der Waals surface area contributed by atoms with Crippen molar-refractivity contribution in [2.45, 2.75) is 89.9 Å². The van der Waals surface area contributed by atoms with Crippen LogP contribution >= 0.6 is 0 Å². The maximum Gasteiger partial charge on any atom is 0.302 e. The highest BCUT2D eigenvalue weighted by atomic mass is 16.6. The number of carbonyl (C=O) groups is 2. The Hall–Kier alpha value is -3.24. The summed E-state index contributed by atoms with van der Waals surface area (Å²) < 4.78 is 16.9. The van der Waals surface area contributed by atoms with Gasteiger partial charge >= 0.3 is 11.9 Å². The van der Waals surface area contributed by atoms with E-state index in [1.807, 2.05) is 6.08 Å². The van der Waals surface area contributed by atoms with Gasteiger partial charge in [-0.05, 0) is 85.3 Å². The van der Waals surface area contributed by atoms with Gasteiger partial charge in [0, 0.05) is 33.4 Å². The van der Waals surface area contributed by atoms with Crippen LogP contribution in [0.3, 0.4) is 0 Å². The van der Waals surface area contributed by atoms with Gasteiger partial charge in [0.1, 0.15) is 12.2 Å². The third kappa shape index (κ3) is 9.97. The SMILES string of the molecule is COc1cc(CC[C@H](C[C@@H](OC(C)=O)[C@@H]2C[C@H](O)CCC[C@H](CCO)C2)OC(C)=O)c(C2=CCNC(N)=C2)cc1O. The van der Waals surface area contributed by atoms with E-state index < -0.39 is 30.3 Å². The Morgan fingerprint density at radius 1 is 1.15 bits per heavy atom. The Labute approximate surface area is 242 Å². The van der Waals surface area contributed by atoms with E-state index in [0.29, 0.717) is 56.6 Å². The Bertz CT molecular complexity index is 1100. The molecule has 228 valence electrons. The topological polar surface area (TPSA) is 161 Å². The van der Waals surface area contributed by atoms with Crippen molar-refractivity contribution in [3.8, 4) is 11.5 Å². The standard InChI is InChI=1S/C31H46N2O8/c1-19(35)40-26(17-29(41-20(2)36)24-13-21(10-12-34)5-4-6-25(37)14-24)8-7-22-15-30(39-3)28(38)18-27(22)23-9-11-33-31(32)16-23/h9,15-16,18,21,24-26,29,33-34,37-38H,4-8,10-14,17,32H2,1-3H3/t21-,24+,25-,26-,29-/m1/s1. The molecule has 10 nitrogen and oxygen atoms in total. The second-order valence-corrected chi connectivity index (χ2v) is 11.2. The molecule has 1 saturated carbocycles. The zero-order valence-corrected chi connectivity index (χ0v) is 24.4. The molecule has 1 fully saturated rings. The molecule has 0 amide bonds. The van der Waals surface area contributed by atoms with Crippen molar-refractivity contribution in [3.05, 3.63) is 41.2 Å². The molecule has 0 bridgehead atoms. The van der Waals surface area contributed by atoms with Crippen molar-refractivity contribution in [1.29, 1.82) is 0 Å². The lowest BCUT2D eigenvalue weighted by Gasteiger charge is -2.35. The Morgan fingerprint density at radius 3 is 2.56 bits per heavy atom. The predicted molar refractivity (Wildman–Crippen MR) is 155 cm³/mol. The van der Waals surface area contributed by atoms with Crippen LogP contribution in [0.25, 0.3) is 5.57 Å². The van der Waals surface area contributed by atoms with Gasteiger partial charge in [-0.3, -0.25) is 9.59 Å². The van der Waals surface area contributed by atoms with Gasteiger partial charge in [-0.15, -0.1) is 0 Å². The van der Waals surface area contributed by atoms with E-state index in [2.05, 4.69) is 5.32 Å². The third-order valence-electron chi connectivity index (χ3n) is 7.96. The van der Waals surface area contributed by atoms with Crippen molar-refractivity contribution in [2.24, 2.45) is 17.6 Å². The number of esters is 2. The normalized spacial score (nSPS) is 22.6. The van der Waals surface area contributed by atoms with Gasteiger partial charge in [-0.1, -0.05) is 18.9 Å². The first-order chi connectivity index (χ1) is 19.6. The first kappa shape index (κ1) is 32.3. The largest absolute Gasteiger partial charge is 0.504 e. The molecule has 1 aliphatic heterocycles. The summed E-state index contributed by atoms with van der Waals surface area (Å²) in [5, 5.41) is 33.8. The number of phenols is 1. The number of rotatable bonds is 12. The summed E-state index contributed by atoms with van der Waals surface area (Å²) in [7, 11) is 1.49. The molecule has 1 aromatic carbocycles. The number of ether oxygens (including phenoxy) is 3. The van der Waals surface area contributed by atoms with E-state index in [0.717, 1.165) is 29.5 Å². The molecular formula is C31H46N2O8. The number of hydrogen-bond donors (Lipinski definition) is 5. The predicted octanol–water partition coefficient (Wildman–Crippen LogP) is 3.31. The first-order valence-corrected chi connectivity index (χ1v) is 14.5. The van der Waals surface area contributed by atoms with Gasteiger partial charge in [0.05, 0.1) is 19.0 Å². The Kier molecular flexibility index (Phi) is 12.3. The second-order valence-electron chi connectivity index (χ2n) is 11.2. The maximum absolute atomic E-state index is 12.2. The summed E-state index contributed by atoms with van der Waals surface area (Å²) in [6, 6.07) is 3.42. The number of aryl methyl sites for hydroxylation is 1. The molecule has 0 unspecified atom stereocenters. The van der Waals surface area contributed by atoms with Crippen molar-refractivity contribution in [2.75, 3.05) is 20.3 Å². The van der Waals surface area contributed by atoms with E-state index in [1.54, 1.807) is 18.2 Å². The number of phenolic OH excluding ortho intramolecular Hbond substituents is 1. The minimum absolute atomic E-state index is 0.00406. The molecule has 10 heteroatoms. The first-order valence-electron chi connectivity index (χ1n) is 14.5. The summed E-state index contributed by atoms with van der Waals surface area (Å²) >= 11 is 0. The minimum Gasteiger partial charge on any atom is -0.504 e. The smallest absolute Gasteiger partial charge is 0.302 e. The molecule has 41 heavy (non-hydrogen) atoms. The van der Waals surface area contributed by atoms with E-state index in [-0.39, 0.29) is 30.6 Å². The van der Waals surface area contributed by atoms with Crippen LogP contribution in [0, 0.1) is 11.8 Å². The number of nitrogens with one attached hydrogen (secondary N) is 1. The molecule has 1 aromatic rings. The van der Waals surface area contributed by atoms with Crippen LogP contribution < -0.4 is 15.8 Å². The molecule has 2 aliphatic rings. The lowest BCUT2D eigenvalue weighted by atomic mass is 9.78. The second kappa shape index (κ2) is 15.7. The number of hydrogen-bond acceptors (Lipinski definition) is 10. The molecule has 6 N–H and O–H groups in total. The van der Waals surface area contributed by atoms with Gasteiger partial charge in [0.25, 0.3) is 0 Å².